The normalized spacial score (nSPS) is 24.3. The van der Waals surface area contributed by atoms with E-state index in [9.17, 15) is 9.18 Å². The second kappa shape index (κ2) is 4.87. The monoisotopic (exact) mass is 295 g/mol. The van der Waals surface area contributed by atoms with Crippen molar-refractivity contribution < 1.29 is 23.8 Å². The molecule has 0 radical (unpaired) electrons. The van der Waals surface area contributed by atoms with Crippen molar-refractivity contribution in [2.45, 2.75) is 32.0 Å². The molecule has 1 aromatic rings. The standard InChI is InChI=1S/C15H18FNO4/c1-15(2,16)9-4-10(13-12(5-9)20-7-21-13)11-3-8(6-17-11)14(18)19/h4-5,8,11,17H,3,6-7H2,1-2H3,(H,18,19). The van der Waals surface area contributed by atoms with E-state index in [4.69, 9.17) is 14.6 Å². The van der Waals surface area contributed by atoms with Gasteiger partial charge in [-0.25, -0.2) is 4.39 Å². The van der Waals surface area contributed by atoms with E-state index in [-0.39, 0.29) is 12.8 Å². The van der Waals surface area contributed by atoms with Crippen LogP contribution in [0.25, 0.3) is 0 Å². The highest BCUT2D eigenvalue weighted by Gasteiger charge is 2.35. The molecule has 2 atom stereocenters. The van der Waals surface area contributed by atoms with Crippen LogP contribution in [0.4, 0.5) is 4.39 Å². The summed E-state index contributed by atoms with van der Waals surface area (Å²) in [7, 11) is 0. The van der Waals surface area contributed by atoms with Crippen LogP contribution in [0.1, 0.15) is 37.4 Å². The Morgan fingerprint density at radius 1 is 1.43 bits per heavy atom. The van der Waals surface area contributed by atoms with Crippen LogP contribution in [0.5, 0.6) is 11.5 Å². The number of ether oxygens (including phenoxy) is 2. The highest BCUT2D eigenvalue weighted by molar-refractivity contribution is 5.71. The molecule has 2 aliphatic heterocycles. The summed E-state index contributed by atoms with van der Waals surface area (Å²) in [5, 5.41) is 12.3. The van der Waals surface area contributed by atoms with Crippen molar-refractivity contribution in [1.29, 1.82) is 0 Å². The number of carboxylic acids is 1. The summed E-state index contributed by atoms with van der Waals surface area (Å²) < 4.78 is 25.1. The molecule has 0 bridgehead atoms. The van der Waals surface area contributed by atoms with Gasteiger partial charge in [-0.3, -0.25) is 4.79 Å². The first-order valence-corrected chi connectivity index (χ1v) is 6.95. The van der Waals surface area contributed by atoms with Gasteiger partial charge in [0.15, 0.2) is 11.5 Å². The first-order chi connectivity index (χ1) is 9.86. The third kappa shape index (κ3) is 2.55. The summed E-state index contributed by atoms with van der Waals surface area (Å²) in [6, 6.07) is 3.23. The molecule has 2 unspecified atom stereocenters. The third-order valence-electron chi connectivity index (χ3n) is 4.04. The van der Waals surface area contributed by atoms with Crippen molar-refractivity contribution in [2.24, 2.45) is 5.92 Å². The molecule has 0 amide bonds. The van der Waals surface area contributed by atoms with E-state index in [0.29, 0.717) is 30.0 Å². The molecule has 0 aromatic heterocycles. The zero-order valence-electron chi connectivity index (χ0n) is 12.0. The Bertz CT molecular complexity index is 582. The van der Waals surface area contributed by atoms with E-state index in [1.165, 1.54) is 13.8 Å². The molecule has 3 rings (SSSR count). The third-order valence-corrected chi connectivity index (χ3v) is 4.04. The Morgan fingerprint density at radius 2 is 2.19 bits per heavy atom. The highest BCUT2D eigenvalue weighted by atomic mass is 19.1. The number of nitrogens with one attached hydrogen (secondary N) is 1. The molecule has 1 saturated heterocycles. The molecule has 5 nitrogen and oxygen atoms in total. The van der Waals surface area contributed by atoms with Crippen LogP contribution in [0, 0.1) is 5.92 Å². The second-order valence-corrected chi connectivity index (χ2v) is 6.00. The fourth-order valence-electron chi connectivity index (χ4n) is 2.80. The van der Waals surface area contributed by atoms with Gasteiger partial charge in [-0.15, -0.1) is 0 Å². The molecule has 6 heteroatoms. The molecule has 0 aliphatic carbocycles. The Hall–Kier alpha value is -1.82. The van der Waals surface area contributed by atoms with Crippen LogP contribution in [0.3, 0.4) is 0 Å². The molecule has 2 aliphatic rings. The lowest BCUT2D eigenvalue weighted by molar-refractivity contribution is -0.141. The summed E-state index contributed by atoms with van der Waals surface area (Å²) in [5.74, 6) is -0.142. The predicted molar refractivity (Wildman–Crippen MR) is 73.2 cm³/mol. The molecule has 0 spiro atoms. The molecular weight excluding hydrogens is 277 g/mol. The summed E-state index contributed by atoms with van der Waals surface area (Å²) >= 11 is 0. The van der Waals surface area contributed by atoms with Crippen molar-refractivity contribution >= 4 is 5.97 Å². The van der Waals surface area contributed by atoms with Gasteiger partial charge < -0.3 is 19.9 Å². The minimum Gasteiger partial charge on any atom is -0.481 e. The average molecular weight is 295 g/mol. The van der Waals surface area contributed by atoms with Crippen molar-refractivity contribution in [3.63, 3.8) is 0 Å². The zero-order valence-corrected chi connectivity index (χ0v) is 12.0. The van der Waals surface area contributed by atoms with Crippen LogP contribution in [-0.4, -0.2) is 24.4 Å². The minimum absolute atomic E-state index is 0.105. The average Bonchev–Trinajstić information content (AvgIpc) is 3.05. The maximum atomic E-state index is 14.3. The molecule has 2 N–H and O–H groups in total. The van der Waals surface area contributed by atoms with Gasteiger partial charge in [-0.2, -0.15) is 0 Å². The first kappa shape index (κ1) is 14.1. The predicted octanol–water partition coefficient (Wildman–Crippen LogP) is 2.36. The number of hydrogen-bond acceptors (Lipinski definition) is 4. The van der Waals surface area contributed by atoms with Crippen LogP contribution in [0.2, 0.25) is 0 Å². The van der Waals surface area contributed by atoms with Gasteiger partial charge in [0, 0.05) is 18.2 Å². The summed E-state index contributed by atoms with van der Waals surface area (Å²) in [4.78, 5) is 11.1. The molecule has 21 heavy (non-hydrogen) atoms. The van der Waals surface area contributed by atoms with Crippen molar-refractivity contribution in [3.05, 3.63) is 23.3 Å². The number of rotatable bonds is 3. The van der Waals surface area contributed by atoms with Crippen LogP contribution in [-0.2, 0) is 10.5 Å². The maximum Gasteiger partial charge on any atom is 0.307 e. The van der Waals surface area contributed by atoms with Crippen molar-refractivity contribution in [2.75, 3.05) is 13.3 Å². The van der Waals surface area contributed by atoms with E-state index in [0.717, 1.165) is 5.56 Å². The number of halogens is 1. The Labute approximate surface area is 122 Å². The van der Waals surface area contributed by atoms with Gasteiger partial charge in [0.2, 0.25) is 6.79 Å². The van der Waals surface area contributed by atoms with Crippen molar-refractivity contribution in [1.82, 2.24) is 5.32 Å². The molecule has 114 valence electrons. The lowest BCUT2D eigenvalue weighted by Crippen LogP contribution is -2.18. The highest BCUT2D eigenvalue weighted by Crippen LogP contribution is 2.44. The lowest BCUT2D eigenvalue weighted by atomic mass is 9.92. The number of benzene rings is 1. The van der Waals surface area contributed by atoms with E-state index < -0.39 is 17.6 Å². The molecule has 2 heterocycles. The fourth-order valence-corrected chi connectivity index (χ4v) is 2.80. The number of carbonyl (C=O) groups is 1. The van der Waals surface area contributed by atoms with Crippen LogP contribution in [0.15, 0.2) is 12.1 Å². The Kier molecular flexibility index (Phi) is 3.28. The summed E-state index contributed by atoms with van der Waals surface area (Å²) in [6.07, 6.45) is 0.460. The van der Waals surface area contributed by atoms with E-state index in [1.807, 2.05) is 0 Å². The first-order valence-electron chi connectivity index (χ1n) is 6.95. The van der Waals surface area contributed by atoms with Gasteiger partial charge in [0.25, 0.3) is 0 Å². The SMILES string of the molecule is CC(C)(F)c1cc2c(c(C3CC(C(=O)O)CN3)c1)OCO2. The number of alkyl halides is 1. The summed E-state index contributed by atoms with van der Waals surface area (Å²) in [5.41, 5.74) is -0.225. The number of aliphatic carboxylic acids is 1. The topological polar surface area (TPSA) is 67.8 Å². The number of fused-ring (bicyclic) bond motifs is 1. The second-order valence-electron chi connectivity index (χ2n) is 6.00. The van der Waals surface area contributed by atoms with E-state index in [1.54, 1.807) is 12.1 Å². The van der Waals surface area contributed by atoms with E-state index in [2.05, 4.69) is 5.32 Å². The van der Waals surface area contributed by atoms with Gasteiger partial charge in [0.1, 0.15) is 5.67 Å². The maximum absolute atomic E-state index is 14.3. The van der Waals surface area contributed by atoms with E-state index >= 15 is 0 Å². The quantitative estimate of drug-likeness (QED) is 0.896. The van der Waals surface area contributed by atoms with Gasteiger partial charge in [-0.05, 0) is 38.0 Å². The smallest absolute Gasteiger partial charge is 0.307 e. The zero-order chi connectivity index (χ0) is 15.2. The largest absolute Gasteiger partial charge is 0.481 e. The van der Waals surface area contributed by atoms with Crippen molar-refractivity contribution in [3.8, 4) is 11.5 Å². The van der Waals surface area contributed by atoms with Gasteiger partial charge >= 0.3 is 5.97 Å². The summed E-state index contributed by atoms with van der Waals surface area (Å²) in [6.45, 7) is 3.47. The lowest BCUT2D eigenvalue weighted by Gasteiger charge is -2.20. The molecular formula is C15H18FNO4. The minimum atomic E-state index is -1.50. The number of carboxylic acid groups (broad SMARTS) is 1. The molecule has 1 fully saturated rings. The van der Waals surface area contributed by atoms with Crippen LogP contribution < -0.4 is 14.8 Å². The van der Waals surface area contributed by atoms with Gasteiger partial charge in [0.05, 0.1) is 5.92 Å². The van der Waals surface area contributed by atoms with Crippen LogP contribution >= 0.6 is 0 Å². The Morgan fingerprint density at radius 3 is 2.81 bits per heavy atom. The van der Waals surface area contributed by atoms with Gasteiger partial charge in [-0.1, -0.05) is 0 Å². The fraction of sp³-hybridized carbons (Fsp3) is 0.533. The Balaban J connectivity index is 1.98. The number of hydrogen-bond donors (Lipinski definition) is 2. The molecule has 0 saturated carbocycles. The molecule has 1 aromatic carbocycles.